The Hall–Kier alpha value is -3.69. The van der Waals surface area contributed by atoms with Gasteiger partial charge in [-0.1, -0.05) is 109 Å². The Bertz CT molecular complexity index is 2480. The van der Waals surface area contributed by atoms with Gasteiger partial charge in [-0.3, -0.25) is 0 Å². The van der Waals surface area contributed by atoms with Crippen molar-refractivity contribution in [1.82, 2.24) is 0 Å². The van der Waals surface area contributed by atoms with Crippen LogP contribution in [0.3, 0.4) is 0 Å². The van der Waals surface area contributed by atoms with E-state index < -0.39 is 5.60 Å². The average molecular weight is 856 g/mol. The standard InChI is InChI=1S/C22H20OS.C20H16S.C4H8O.CO2.CH3.BrH.Mg/c1-22(2,23)19-9-5-3-7-16(19)13-15-11-12-18-17-8-4-6-10-20(17)24-21(18)14-15;1-14-6-2-3-7-16(14)12-15-10-11-18-17-8-4-5-9-19(17)21-20(18)13-15;1-2-4-5-3-1;2-1-3;;;/h3-12,14,23H,13H2,1-2H3;2-11,13H,12H2,1H3;1-4H2;;1H3;1H;/q;;;;-1;;+2/p-1. The maximum atomic E-state index is 10.4. The van der Waals surface area contributed by atoms with Gasteiger partial charge in [-0.2, -0.15) is 9.59 Å². The predicted octanol–water partition coefficient (Wildman–Crippen LogP) is 9.11. The van der Waals surface area contributed by atoms with Crippen molar-refractivity contribution >= 4 is 92.2 Å². The molecule has 0 unspecified atom stereocenters. The van der Waals surface area contributed by atoms with Gasteiger partial charge in [0.1, 0.15) is 0 Å². The number of halogens is 1. The van der Waals surface area contributed by atoms with Gasteiger partial charge in [-0.15, -0.1) is 22.7 Å². The van der Waals surface area contributed by atoms with Crippen molar-refractivity contribution in [2.24, 2.45) is 0 Å². The van der Waals surface area contributed by atoms with E-state index in [1.807, 2.05) is 54.7 Å². The van der Waals surface area contributed by atoms with Gasteiger partial charge in [0.15, 0.2) is 0 Å². The number of aryl methyl sites for hydroxylation is 1. The minimum Gasteiger partial charge on any atom is -1.00 e. The van der Waals surface area contributed by atoms with E-state index in [1.165, 1.54) is 81.0 Å². The summed E-state index contributed by atoms with van der Waals surface area (Å²) < 4.78 is 10.4. The van der Waals surface area contributed by atoms with Crippen LogP contribution in [0.2, 0.25) is 0 Å². The molecule has 8 aromatic rings. The first-order chi connectivity index (χ1) is 25.7. The number of thiophene rings is 2. The molecule has 0 saturated carbocycles. The van der Waals surface area contributed by atoms with Crippen LogP contribution >= 0.6 is 22.7 Å². The van der Waals surface area contributed by atoms with Crippen molar-refractivity contribution in [2.75, 3.05) is 13.2 Å². The third-order valence-electron chi connectivity index (χ3n) is 9.44. The summed E-state index contributed by atoms with van der Waals surface area (Å²) in [5.74, 6) is 0. The van der Waals surface area contributed by atoms with Gasteiger partial charge in [-0.05, 0) is 104 Å². The molecule has 8 heteroatoms. The molecule has 9 rings (SSSR count). The fourth-order valence-electron chi connectivity index (χ4n) is 6.79. The largest absolute Gasteiger partial charge is 2.00 e. The number of hydrogen-bond acceptors (Lipinski definition) is 6. The molecule has 0 spiro atoms. The van der Waals surface area contributed by atoms with Gasteiger partial charge in [0.2, 0.25) is 0 Å². The zero-order valence-corrected chi connectivity index (χ0v) is 37.2. The molecule has 3 heterocycles. The molecule has 284 valence electrons. The molecule has 2 aromatic heterocycles. The second kappa shape index (κ2) is 22.3. The Balaban J connectivity index is 0.000000241. The Labute approximate surface area is 365 Å². The minimum absolute atomic E-state index is 0. The zero-order chi connectivity index (χ0) is 37.2. The molecule has 1 aliphatic heterocycles. The normalized spacial score (nSPS) is 11.7. The van der Waals surface area contributed by atoms with Gasteiger partial charge in [0, 0.05) is 53.6 Å². The maximum Gasteiger partial charge on any atom is 2.00 e. The first-order valence-electron chi connectivity index (χ1n) is 18.0. The van der Waals surface area contributed by atoms with Crippen LogP contribution in [0.4, 0.5) is 0 Å². The summed E-state index contributed by atoms with van der Waals surface area (Å²) in [6.07, 6.45) is 4.65. The molecular weight excluding hydrogens is 809 g/mol. The van der Waals surface area contributed by atoms with Gasteiger partial charge < -0.3 is 34.3 Å². The van der Waals surface area contributed by atoms with E-state index in [4.69, 9.17) is 14.3 Å². The fourth-order valence-corrected chi connectivity index (χ4v) is 9.13. The molecule has 1 N–H and O–H groups in total. The van der Waals surface area contributed by atoms with E-state index in [0.717, 1.165) is 31.6 Å². The summed E-state index contributed by atoms with van der Waals surface area (Å²) in [5, 5.41) is 15.8. The van der Waals surface area contributed by atoms with Crippen molar-refractivity contribution < 1.29 is 36.4 Å². The predicted molar refractivity (Wildman–Crippen MR) is 234 cm³/mol. The molecule has 0 aliphatic carbocycles. The number of ether oxygens (including phenoxy) is 1. The summed E-state index contributed by atoms with van der Waals surface area (Å²) in [7, 11) is 0. The molecule has 0 atom stereocenters. The molecule has 4 nitrogen and oxygen atoms in total. The van der Waals surface area contributed by atoms with Crippen LogP contribution in [0.1, 0.15) is 60.1 Å². The van der Waals surface area contributed by atoms with Crippen molar-refractivity contribution in [3.63, 3.8) is 0 Å². The molecule has 0 amide bonds. The first kappa shape index (κ1) is 46.7. The van der Waals surface area contributed by atoms with Gasteiger partial charge in [0.25, 0.3) is 0 Å². The van der Waals surface area contributed by atoms with E-state index in [9.17, 15) is 5.11 Å². The van der Waals surface area contributed by atoms with Crippen LogP contribution in [-0.4, -0.2) is 47.5 Å². The molecule has 0 radical (unpaired) electrons. The Kier molecular flexibility index (Phi) is 18.6. The van der Waals surface area contributed by atoms with Crippen molar-refractivity contribution in [3.8, 4) is 0 Å². The molecule has 1 fully saturated rings. The third kappa shape index (κ3) is 11.9. The smallest absolute Gasteiger partial charge is 1.00 e. The van der Waals surface area contributed by atoms with Crippen LogP contribution in [0.15, 0.2) is 133 Å². The molecule has 56 heavy (non-hydrogen) atoms. The molecular formula is C48H47BrMgO4S2. The van der Waals surface area contributed by atoms with Crippen molar-refractivity contribution in [1.29, 1.82) is 0 Å². The van der Waals surface area contributed by atoms with Crippen LogP contribution in [0.25, 0.3) is 40.3 Å². The number of benzene rings is 6. The number of fused-ring (bicyclic) bond motifs is 6. The van der Waals surface area contributed by atoms with E-state index in [1.54, 1.807) is 0 Å². The summed E-state index contributed by atoms with van der Waals surface area (Å²) in [5.41, 5.74) is 6.83. The minimum atomic E-state index is -0.821. The SMILES string of the molecule is C1CCOC1.CC(C)(O)c1ccccc1Cc1ccc2c(c1)sc1ccccc12.Cc1ccccc1Cc1ccc2c(c1)sc1ccccc12.O=C=O.[Br-].[CH3-].[Mg+2]. The monoisotopic (exact) mass is 854 g/mol. The first-order valence-corrected chi connectivity index (χ1v) is 19.6. The summed E-state index contributed by atoms with van der Waals surface area (Å²) in [6.45, 7) is 7.88. The molecule has 6 aromatic carbocycles. The zero-order valence-electron chi connectivity index (χ0n) is 32.5. The van der Waals surface area contributed by atoms with Crippen LogP contribution in [0.5, 0.6) is 0 Å². The Morgan fingerprint density at radius 1 is 0.607 bits per heavy atom. The topological polar surface area (TPSA) is 63.6 Å². The average Bonchev–Trinajstić information content (AvgIpc) is 3.93. The van der Waals surface area contributed by atoms with E-state index in [0.29, 0.717) is 0 Å². The second-order valence-corrected chi connectivity index (χ2v) is 15.9. The van der Waals surface area contributed by atoms with Crippen LogP contribution in [0, 0.1) is 14.4 Å². The summed E-state index contributed by atoms with van der Waals surface area (Å²) in [4.78, 5) is 16.2. The quantitative estimate of drug-likeness (QED) is 0.139. The van der Waals surface area contributed by atoms with Crippen LogP contribution < -0.4 is 17.0 Å². The van der Waals surface area contributed by atoms with Gasteiger partial charge in [0.05, 0.1) is 5.60 Å². The van der Waals surface area contributed by atoms with E-state index in [-0.39, 0.29) is 53.6 Å². The molecule has 0 bridgehead atoms. The van der Waals surface area contributed by atoms with E-state index in [2.05, 4.69) is 122 Å². The number of aliphatic hydroxyl groups is 1. The number of hydrogen-bond donors (Lipinski definition) is 1. The molecule has 1 aliphatic rings. The third-order valence-corrected chi connectivity index (χ3v) is 11.7. The van der Waals surface area contributed by atoms with Gasteiger partial charge >= 0.3 is 29.2 Å². The maximum absolute atomic E-state index is 10.4. The number of carbonyl (C=O) groups excluding carboxylic acids is 2. The summed E-state index contributed by atoms with van der Waals surface area (Å²) in [6, 6.07) is 47.7. The second-order valence-electron chi connectivity index (χ2n) is 13.8. The number of rotatable bonds is 5. The van der Waals surface area contributed by atoms with Crippen molar-refractivity contribution in [2.45, 2.75) is 52.1 Å². The Morgan fingerprint density at radius 2 is 1.02 bits per heavy atom. The molecule has 1 saturated heterocycles. The Morgan fingerprint density at radius 3 is 1.48 bits per heavy atom. The van der Waals surface area contributed by atoms with Crippen LogP contribution in [-0.2, 0) is 32.8 Å². The summed E-state index contributed by atoms with van der Waals surface area (Å²) >= 11 is 3.74. The van der Waals surface area contributed by atoms with Gasteiger partial charge in [-0.25, -0.2) is 0 Å². The fraction of sp³-hybridized carbons (Fsp3) is 0.208. The van der Waals surface area contributed by atoms with E-state index >= 15 is 0 Å². The van der Waals surface area contributed by atoms with Crippen molar-refractivity contribution in [3.05, 3.63) is 174 Å².